The molecule has 1 heterocycles. The van der Waals surface area contributed by atoms with Gasteiger partial charge in [-0.05, 0) is 6.07 Å². The molecule has 98 valence electrons. The first-order valence-electron chi connectivity index (χ1n) is 5.49. The van der Waals surface area contributed by atoms with E-state index in [0.29, 0.717) is 5.52 Å². The van der Waals surface area contributed by atoms with Crippen LogP contribution in [0.1, 0.15) is 6.42 Å². The van der Waals surface area contributed by atoms with E-state index in [0.717, 1.165) is 5.39 Å². The van der Waals surface area contributed by atoms with Gasteiger partial charge >= 0.3 is 11.9 Å². The Morgan fingerprint density at radius 3 is 2.68 bits per heavy atom. The maximum absolute atomic E-state index is 10.9. The number of nitrogens with one attached hydrogen (secondary N) is 1. The molecule has 0 spiro atoms. The number of rotatable bonds is 5. The van der Waals surface area contributed by atoms with Crippen molar-refractivity contribution in [3.8, 4) is 0 Å². The van der Waals surface area contributed by atoms with E-state index in [-0.39, 0.29) is 5.95 Å². The molecule has 2 rings (SSSR count). The summed E-state index contributed by atoms with van der Waals surface area (Å²) in [5, 5.41) is 20.9. The molecule has 0 saturated carbocycles. The van der Waals surface area contributed by atoms with Gasteiger partial charge in [-0.25, -0.2) is 14.8 Å². The lowest BCUT2D eigenvalue weighted by atomic mass is 10.2. The summed E-state index contributed by atoms with van der Waals surface area (Å²) in [5.41, 5.74) is 0.652. The summed E-state index contributed by atoms with van der Waals surface area (Å²) in [4.78, 5) is 29.6. The van der Waals surface area contributed by atoms with Gasteiger partial charge in [-0.2, -0.15) is 0 Å². The molecule has 0 saturated heterocycles. The third kappa shape index (κ3) is 3.15. The number of aromatic nitrogens is 2. The van der Waals surface area contributed by atoms with Crippen LogP contribution in [0.4, 0.5) is 5.95 Å². The Labute approximate surface area is 107 Å². The molecule has 3 N–H and O–H groups in total. The molecule has 0 radical (unpaired) electrons. The van der Waals surface area contributed by atoms with Gasteiger partial charge < -0.3 is 15.5 Å². The average molecular weight is 261 g/mol. The lowest BCUT2D eigenvalue weighted by Gasteiger charge is -2.12. The molecule has 0 fully saturated rings. The van der Waals surface area contributed by atoms with Crippen molar-refractivity contribution in [1.82, 2.24) is 9.97 Å². The van der Waals surface area contributed by atoms with Crippen molar-refractivity contribution in [2.75, 3.05) is 5.32 Å². The lowest BCUT2D eigenvalue weighted by molar-refractivity contribution is -0.144. The van der Waals surface area contributed by atoms with Gasteiger partial charge in [0.1, 0.15) is 6.04 Å². The van der Waals surface area contributed by atoms with Crippen molar-refractivity contribution < 1.29 is 19.8 Å². The number of para-hydroxylation sites is 1. The smallest absolute Gasteiger partial charge is 0.326 e. The van der Waals surface area contributed by atoms with Crippen LogP contribution < -0.4 is 5.32 Å². The molecular formula is C12H11N3O4. The van der Waals surface area contributed by atoms with E-state index in [9.17, 15) is 9.59 Å². The summed E-state index contributed by atoms with van der Waals surface area (Å²) in [6.45, 7) is 0. The number of carbonyl (C=O) groups is 2. The highest BCUT2D eigenvalue weighted by atomic mass is 16.4. The van der Waals surface area contributed by atoms with Gasteiger partial charge in [0.05, 0.1) is 11.9 Å². The van der Waals surface area contributed by atoms with Crippen LogP contribution in [0.15, 0.2) is 30.5 Å². The van der Waals surface area contributed by atoms with E-state index >= 15 is 0 Å². The van der Waals surface area contributed by atoms with Gasteiger partial charge in [-0.15, -0.1) is 0 Å². The molecule has 1 aromatic heterocycles. The number of hydrogen-bond acceptors (Lipinski definition) is 5. The third-order valence-corrected chi connectivity index (χ3v) is 2.47. The van der Waals surface area contributed by atoms with Crippen molar-refractivity contribution in [3.05, 3.63) is 30.5 Å². The number of hydrogen-bond donors (Lipinski definition) is 3. The summed E-state index contributed by atoms with van der Waals surface area (Å²) in [6.07, 6.45) is 0.996. The maximum Gasteiger partial charge on any atom is 0.326 e. The molecule has 0 amide bonds. The van der Waals surface area contributed by atoms with Gasteiger partial charge in [0, 0.05) is 11.6 Å². The number of benzene rings is 1. The number of nitrogens with zero attached hydrogens (tertiary/aromatic N) is 2. The van der Waals surface area contributed by atoms with Gasteiger partial charge in [0.25, 0.3) is 0 Å². The molecule has 2 aromatic rings. The summed E-state index contributed by atoms with van der Waals surface area (Å²) >= 11 is 0. The fourth-order valence-electron chi connectivity index (χ4n) is 1.57. The van der Waals surface area contributed by atoms with Crippen molar-refractivity contribution in [3.63, 3.8) is 0 Å². The monoisotopic (exact) mass is 261 g/mol. The minimum atomic E-state index is -1.27. The third-order valence-electron chi connectivity index (χ3n) is 2.47. The molecule has 7 nitrogen and oxygen atoms in total. The Hall–Kier alpha value is -2.70. The second kappa shape index (κ2) is 5.30. The van der Waals surface area contributed by atoms with Crippen LogP contribution in [0.5, 0.6) is 0 Å². The van der Waals surface area contributed by atoms with E-state index in [1.54, 1.807) is 18.3 Å². The number of aliphatic carboxylic acids is 2. The zero-order valence-electron chi connectivity index (χ0n) is 9.78. The van der Waals surface area contributed by atoms with Crippen LogP contribution in [0.25, 0.3) is 10.9 Å². The molecule has 1 aromatic carbocycles. The Morgan fingerprint density at radius 1 is 1.26 bits per heavy atom. The Kier molecular flexibility index (Phi) is 3.56. The highest BCUT2D eigenvalue weighted by Crippen LogP contribution is 2.12. The van der Waals surface area contributed by atoms with Crippen LogP contribution in [0.2, 0.25) is 0 Å². The fraction of sp³-hybridized carbons (Fsp3) is 0.167. The molecule has 1 atom stereocenters. The molecule has 1 unspecified atom stereocenters. The zero-order chi connectivity index (χ0) is 13.8. The molecule has 0 aliphatic carbocycles. The van der Waals surface area contributed by atoms with Gasteiger partial charge in [-0.3, -0.25) is 4.79 Å². The normalized spacial score (nSPS) is 12.0. The standard InChI is InChI=1S/C12H11N3O4/c16-10(17)5-9(11(18)19)15-12-13-6-7-3-1-2-4-8(7)14-12/h1-4,6,9H,5H2,(H,16,17)(H,18,19)(H,13,14,15). The predicted octanol–water partition coefficient (Wildman–Crippen LogP) is 0.970. The second-order valence-corrected chi connectivity index (χ2v) is 3.89. The maximum atomic E-state index is 10.9. The van der Waals surface area contributed by atoms with E-state index in [2.05, 4.69) is 15.3 Å². The summed E-state index contributed by atoms with van der Waals surface area (Å²) in [5.74, 6) is -2.38. The summed E-state index contributed by atoms with van der Waals surface area (Å²) in [6, 6.07) is 5.95. The molecular weight excluding hydrogens is 250 g/mol. The molecule has 0 aliphatic heterocycles. The minimum absolute atomic E-state index is 0.0901. The highest BCUT2D eigenvalue weighted by Gasteiger charge is 2.21. The Morgan fingerprint density at radius 2 is 2.00 bits per heavy atom. The van der Waals surface area contributed by atoms with Crippen LogP contribution in [0, 0.1) is 0 Å². The first kappa shape index (κ1) is 12.7. The minimum Gasteiger partial charge on any atom is -0.481 e. The van der Waals surface area contributed by atoms with Gasteiger partial charge in [0.2, 0.25) is 5.95 Å². The number of carboxylic acid groups (broad SMARTS) is 2. The Bertz CT molecular complexity index is 629. The van der Waals surface area contributed by atoms with Crippen LogP contribution in [0.3, 0.4) is 0 Å². The SMILES string of the molecule is O=C(O)CC(Nc1ncc2ccccc2n1)C(=O)O. The molecule has 7 heteroatoms. The average Bonchev–Trinajstić information content (AvgIpc) is 2.37. The van der Waals surface area contributed by atoms with E-state index in [4.69, 9.17) is 10.2 Å². The largest absolute Gasteiger partial charge is 0.481 e. The lowest BCUT2D eigenvalue weighted by Crippen LogP contribution is -2.32. The first-order chi connectivity index (χ1) is 9.06. The molecule has 0 bridgehead atoms. The van der Waals surface area contributed by atoms with Gasteiger partial charge in [-0.1, -0.05) is 18.2 Å². The number of anilines is 1. The van der Waals surface area contributed by atoms with Crippen molar-refractivity contribution in [2.45, 2.75) is 12.5 Å². The zero-order valence-corrected chi connectivity index (χ0v) is 9.78. The summed E-state index contributed by atoms with van der Waals surface area (Å²) < 4.78 is 0. The predicted molar refractivity (Wildman–Crippen MR) is 66.8 cm³/mol. The number of fused-ring (bicyclic) bond motifs is 1. The van der Waals surface area contributed by atoms with E-state index in [1.165, 1.54) is 0 Å². The molecule has 0 aliphatic rings. The summed E-state index contributed by atoms with van der Waals surface area (Å²) in [7, 11) is 0. The second-order valence-electron chi connectivity index (χ2n) is 3.89. The van der Waals surface area contributed by atoms with E-state index in [1.807, 2.05) is 12.1 Å². The topological polar surface area (TPSA) is 112 Å². The fourth-order valence-corrected chi connectivity index (χ4v) is 1.57. The van der Waals surface area contributed by atoms with Crippen LogP contribution >= 0.6 is 0 Å². The highest BCUT2D eigenvalue weighted by molar-refractivity contribution is 5.83. The quantitative estimate of drug-likeness (QED) is 0.735. The van der Waals surface area contributed by atoms with E-state index < -0.39 is 24.4 Å². The van der Waals surface area contributed by atoms with Crippen molar-refractivity contribution >= 4 is 28.8 Å². The van der Waals surface area contributed by atoms with Crippen molar-refractivity contribution in [1.29, 1.82) is 0 Å². The number of carboxylic acids is 2. The Balaban J connectivity index is 2.23. The molecule has 19 heavy (non-hydrogen) atoms. The van der Waals surface area contributed by atoms with Crippen LogP contribution in [-0.2, 0) is 9.59 Å². The van der Waals surface area contributed by atoms with Crippen LogP contribution in [-0.4, -0.2) is 38.2 Å². The van der Waals surface area contributed by atoms with Crippen molar-refractivity contribution in [2.24, 2.45) is 0 Å². The van der Waals surface area contributed by atoms with Gasteiger partial charge in [0.15, 0.2) is 0 Å². The first-order valence-corrected chi connectivity index (χ1v) is 5.49.